The van der Waals surface area contributed by atoms with E-state index in [-0.39, 0.29) is 5.82 Å². The summed E-state index contributed by atoms with van der Waals surface area (Å²) < 4.78 is 12.7. The molecule has 0 atom stereocenters. The maximum Gasteiger partial charge on any atom is 0.250 e. The van der Waals surface area contributed by atoms with Crippen LogP contribution in [0.4, 0.5) is 4.39 Å². The Hall–Kier alpha value is -1.84. The van der Waals surface area contributed by atoms with Crippen LogP contribution in [0.3, 0.4) is 0 Å². The number of nitrogens with two attached hydrogens (primary N) is 1. The molecule has 1 amide bonds. The highest BCUT2D eigenvalue weighted by Gasteiger charge is 2.08. The van der Waals surface area contributed by atoms with Gasteiger partial charge in [0, 0.05) is 17.1 Å². The molecule has 0 aliphatic rings. The molecule has 0 fully saturated rings. The molecule has 0 spiro atoms. The number of aromatic amines is 1. The van der Waals surface area contributed by atoms with Gasteiger partial charge in [0.05, 0.1) is 5.56 Å². The molecule has 2 aromatic rings. The molecule has 3 nitrogen and oxygen atoms in total. The van der Waals surface area contributed by atoms with E-state index in [1.807, 2.05) is 0 Å². The number of amides is 1. The number of aromatic nitrogens is 1. The highest BCUT2D eigenvalue weighted by molar-refractivity contribution is 6.05. The second kappa shape index (κ2) is 2.58. The summed E-state index contributed by atoms with van der Waals surface area (Å²) in [6.45, 7) is 0. The van der Waals surface area contributed by atoms with Crippen molar-refractivity contribution in [1.29, 1.82) is 0 Å². The molecule has 0 unspecified atom stereocenters. The first-order chi connectivity index (χ1) is 6.18. The zero-order valence-electron chi connectivity index (χ0n) is 6.67. The Morgan fingerprint density at radius 1 is 1.46 bits per heavy atom. The van der Waals surface area contributed by atoms with E-state index in [1.165, 1.54) is 24.4 Å². The molecule has 1 aromatic carbocycles. The average Bonchev–Trinajstić information content (AvgIpc) is 2.46. The van der Waals surface area contributed by atoms with Gasteiger partial charge in [-0.25, -0.2) is 4.39 Å². The first-order valence-electron chi connectivity index (χ1n) is 3.75. The van der Waals surface area contributed by atoms with Gasteiger partial charge in [0.1, 0.15) is 5.82 Å². The maximum atomic E-state index is 12.7. The van der Waals surface area contributed by atoms with Gasteiger partial charge >= 0.3 is 0 Å². The number of halogens is 1. The van der Waals surface area contributed by atoms with Crippen molar-refractivity contribution in [3.8, 4) is 0 Å². The minimum atomic E-state index is -0.516. The van der Waals surface area contributed by atoms with Crippen LogP contribution in [0.5, 0.6) is 0 Å². The third kappa shape index (κ3) is 1.16. The molecular formula is C9H7FN2O. The third-order valence-corrected chi connectivity index (χ3v) is 1.91. The summed E-state index contributed by atoms with van der Waals surface area (Å²) in [5, 5.41) is 0.647. The number of carbonyl (C=O) groups is 1. The molecule has 4 heteroatoms. The fourth-order valence-electron chi connectivity index (χ4n) is 1.30. The van der Waals surface area contributed by atoms with Gasteiger partial charge in [-0.3, -0.25) is 4.79 Å². The number of fused-ring (bicyclic) bond motifs is 1. The number of hydrogen-bond donors (Lipinski definition) is 2. The maximum absolute atomic E-state index is 12.7. The Balaban J connectivity index is 2.76. The zero-order chi connectivity index (χ0) is 9.42. The van der Waals surface area contributed by atoms with E-state index in [1.54, 1.807) is 0 Å². The molecule has 0 aliphatic heterocycles. The number of benzene rings is 1. The summed E-state index contributed by atoms with van der Waals surface area (Å²) in [5.41, 5.74) is 6.07. The zero-order valence-corrected chi connectivity index (χ0v) is 6.67. The average molecular weight is 178 g/mol. The minimum absolute atomic E-state index is 0.342. The Morgan fingerprint density at radius 3 is 2.92 bits per heavy atom. The van der Waals surface area contributed by atoms with Crippen LogP contribution in [0.2, 0.25) is 0 Å². The summed E-state index contributed by atoms with van der Waals surface area (Å²) in [6, 6.07) is 4.14. The number of H-pyrrole nitrogens is 1. The topological polar surface area (TPSA) is 58.9 Å². The standard InChI is InChI=1S/C9H7FN2O/c10-5-1-2-6-7(9(11)13)4-12-8(6)3-5/h1-4,12H,(H2,11,13). The lowest BCUT2D eigenvalue weighted by Crippen LogP contribution is -2.09. The van der Waals surface area contributed by atoms with Gasteiger partial charge < -0.3 is 10.7 Å². The molecule has 2 rings (SSSR count). The fourth-order valence-corrected chi connectivity index (χ4v) is 1.30. The largest absolute Gasteiger partial charge is 0.366 e. The minimum Gasteiger partial charge on any atom is -0.366 e. The summed E-state index contributed by atoms with van der Waals surface area (Å²) in [4.78, 5) is 13.6. The SMILES string of the molecule is NC(=O)c1c[nH]c2cc(F)ccc12. The van der Waals surface area contributed by atoms with Gasteiger partial charge in [-0.05, 0) is 18.2 Å². The molecule has 13 heavy (non-hydrogen) atoms. The quantitative estimate of drug-likeness (QED) is 0.681. The Labute approximate surface area is 73.4 Å². The van der Waals surface area contributed by atoms with Crippen LogP contribution >= 0.6 is 0 Å². The van der Waals surface area contributed by atoms with Gasteiger partial charge in [0.25, 0.3) is 5.91 Å². The fraction of sp³-hybridized carbons (Fsp3) is 0. The predicted molar refractivity (Wildman–Crippen MR) is 46.8 cm³/mol. The third-order valence-electron chi connectivity index (χ3n) is 1.91. The van der Waals surface area contributed by atoms with Crippen LogP contribution in [0.25, 0.3) is 10.9 Å². The van der Waals surface area contributed by atoms with Crippen molar-refractivity contribution in [2.45, 2.75) is 0 Å². The van der Waals surface area contributed by atoms with Crippen LogP contribution in [-0.2, 0) is 0 Å². The number of nitrogens with one attached hydrogen (secondary N) is 1. The van der Waals surface area contributed by atoms with Gasteiger partial charge in [0.2, 0.25) is 0 Å². The van der Waals surface area contributed by atoms with Gasteiger partial charge in [-0.1, -0.05) is 0 Å². The summed E-state index contributed by atoms with van der Waals surface area (Å²) in [6.07, 6.45) is 1.48. The van der Waals surface area contributed by atoms with Crippen molar-refractivity contribution in [2.24, 2.45) is 5.73 Å². The van der Waals surface area contributed by atoms with Crippen LogP contribution in [0.15, 0.2) is 24.4 Å². The lowest BCUT2D eigenvalue weighted by molar-refractivity contribution is 0.100. The van der Waals surface area contributed by atoms with Crippen LogP contribution in [0, 0.1) is 5.82 Å². The van der Waals surface area contributed by atoms with E-state index in [4.69, 9.17) is 5.73 Å². The number of rotatable bonds is 1. The lowest BCUT2D eigenvalue weighted by Gasteiger charge is -1.92. The van der Waals surface area contributed by atoms with Gasteiger partial charge in [-0.2, -0.15) is 0 Å². The van der Waals surface area contributed by atoms with E-state index >= 15 is 0 Å². The molecule has 1 heterocycles. The Bertz CT molecular complexity index is 475. The normalized spacial score (nSPS) is 10.5. The van der Waals surface area contributed by atoms with E-state index in [9.17, 15) is 9.18 Å². The molecule has 1 aromatic heterocycles. The molecular weight excluding hydrogens is 171 g/mol. The summed E-state index contributed by atoms with van der Waals surface area (Å²) in [5.74, 6) is -0.858. The van der Waals surface area contributed by atoms with E-state index in [2.05, 4.69) is 4.98 Å². The van der Waals surface area contributed by atoms with Crippen LogP contribution in [-0.4, -0.2) is 10.9 Å². The summed E-state index contributed by atoms with van der Waals surface area (Å²) in [7, 11) is 0. The second-order valence-corrected chi connectivity index (χ2v) is 2.76. The smallest absolute Gasteiger partial charge is 0.250 e. The Morgan fingerprint density at radius 2 is 2.23 bits per heavy atom. The first kappa shape index (κ1) is 7.79. The van der Waals surface area contributed by atoms with Crippen molar-refractivity contribution < 1.29 is 9.18 Å². The predicted octanol–water partition coefficient (Wildman–Crippen LogP) is 1.41. The number of hydrogen-bond acceptors (Lipinski definition) is 1. The van der Waals surface area contributed by atoms with E-state index in [0.717, 1.165) is 0 Å². The molecule has 0 saturated carbocycles. The van der Waals surface area contributed by atoms with Crippen molar-refractivity contribution >= 4 is 16.8 Å². The van der Waals surface area contributed by atoms with E-state index in [0.29, 0.717) is 16.5 Å². The molecule has 0 radical (unpaired) electrons. The van der Waals surface area contributed by atoms with Crippen LogP contribution < -0.4 is 5.73 Å². The highest BCUT2D eigenvalue weighted by atomic mass is 19.1. The van der Waals surface area contributed by atoms with Gasteiger partial charge in [-0.15, -0.1) is 0 Å². The van der Waals surface area contributed by atoms with Crippen molar-refractivity contribution in [3.63, 3.8) is 0 Å². The molecule has 0 aliphatic carbocycles. The van der Waals surface area contributed by atoms with Crippen molar-refractivity contribution in [3.05, 3.63) is 35.8 Å². The van der Waals surface area contributed by atoms with Crippen molar-refractivity contribution in [1.82, 2.24) is 4.98 Å². The molecule has 0 saturated heterocycles. The molecule has 3 N–H and O–H groups in total. The lowest BCUT2D eigenvalue weighted by atomic mass is 10.2. The van der Waals surface area contributed by atoms with E-state index < -0.39 is 5.91 Å². The molecule has 0 bridgehead atoms. The van der Waals surface area contributed by atoms with Crippen LogP contribution in [0.1, 0.15) is 10.4 Å². The highest BCUT2D eigenvalue weighted by Crippen LogP contribution is 2.18. The van der Waals surface area contributed by atoms with Gasteiger partial charge in [0.15, 0.2) is 0 Å². The monoisotopic (exact) mass is 178 g/mol. The first-order valence-corrected chi connectivity index (χ1v) is 3.75. The van der Waals surface area contributed by atoms with Crippen molar-refractivity contribution in [2.75, 3.05) is 0 Å². The summed E-state index contributed by atoms with van der Waals surface area (Å²) >= 11 is 0. The number of primary amides is 1. The second-order valence-electron chi connectivity index (χ2n) is 2.76. The Kier molecular flexibility index (Phi) is 1.55. The number of carbonyl (C=O) groups excluding carboxylic acids is 1. The molecule has 66 valence electrons.